The molecular formula is C18H27NO6. The van der Waals surface area contributed by atoms with Gasteiger partial charge in [-0.05, 0) is 26.3 Å². The van der Waals surface area contributed by atoms with Gasteiger partial charge in [0.25, 0.3) is 0 Å². The molecular weight excluding hydrogens is 326 g/mol. The summed E-state index contributed by atoms with van der Waals surface area (Å²) >= 11 is 0. The number of hydrogen-bond donors (Lipinski definition) is 0. The minimum atomic E-state index is -0.674. The van der Waals surface area contributed by atoms with Crippen LogP contribution in [0.5, 0.6) is 0 Å². The van der Waals surface area contributed by atoms with Crippen LogP contribution < -0.4 is 0 Å². The number of hydrogen-bond acceptors (Lipinski definition) is 6. The summed E-state index contributed by atoms with van der Waals surface area (Å²) in [5, 5.41) is 0. The van der Waals surface area contributed by atoms with Crippen molar-refractivity contribution in [2.24, 2.45) is 0 Å². The van der Waals surface area contributed by atoms with Gasteiger partial charge in [-0.3, -0.25) is 9.69 Å². The third-order valence-electron chi connectivity index (χ3n) is 3.30. The molecule has 0 aliphatic rings. The van der Waals surface area contributed by atoms with E-state index in [1.807, 2.05) is 24.3 Å². The van der Waals surface area contributed by atoms with Crippen molar-refractivity contribution in [2.75, 3.05) is 27.9 Å². The lowest BCUT2D eigenvalue weighted by Gasteiger charge is -2.28. The first-order valence-electron chi connectivity index (χ1n) is 7.90. The van der Waals surface area contributed by atoms with Crippen LogP contribution in [0.2, 0.25) is 0 Å². The van der Waals surface area contributed by atoms with E-state index in [1.54, 1.807) is 20.8 Å². The zero-order valence-corrected chi connectivity index (χ0v) is 15.7. The molecule has 0 N–H and O–H groups in total. The fraction of sp³-hybridized carbons (Fsp3) is 0.556. The van der Waals surface area contributed by atoms with Crippen LogP contribution in [0.15, 0.2) is 24.3 Å². The molecule has 0 atom stereocenters. The molecule has 0 unspecified atom stereocenters. The molecule has 1 aromatic carbocycles. The summed E-state index contributed by atoms with van der Waals surface area (Å²) in [5.74, 6) is -0.529. The highest BCUT2D eigenvalue weighted by Crippen LogP contribution is 2.23. The normalized spacial score (nSPS) is 11.3. The van der Waals surface area contributed by atoms with Gasteiger partial charge in [-0.15, -0.1) is 0 Å². The number of carbonyl (C=O) groups is 2. The molecule has 0 saturated carbocycles. The van der Waals surface area contributed by atoms with Crippen molar-refractivity contribution in [2.45, 2.75) is 39.2 Å². The molecule has 140 valence electrons. The smallest absolute Gasteiger partial charge is 0.411 e. The molecule has 1 rings (SSSR count). The summed E-state index contributed by atoms with van der Waals surface area (Å²) < 4.78 is 20.7. The summed E-state index contributed by atoms with van der Waals surface area (Å²) in [6.07, 6.45) is -1.17. The number of benzene rings is 1. The second-order valence-corrected chi connectivity index (χ2v) is 6.41. The molecule has 0 spiro atoms. The summed E-state index contributed by atoms with van der Waals surface area (Å²) in [4.78, 5) is 25.5. The highest BCUT2D eigenvalue weighted by atomic mass is 16.7. The van der Waals surface area contributed by atoms with Gasteiger partial charge in [0.05, 0.1) is 13.7 Å². The number of amides is 1. The second kappa shape index (κ2) is 9.39. The number of ether oxygens (including phenoxy) is 4. The maximum Gasteiger partial charge on any atom is 0.411 e. The van der Waals surface area contributed by atoms with Crippen LogP contribution in [0, 0.1) is 0 Å². The van der Waals surface area contributed by atoms with E-state index in [4.69, 9.17) is 14.2 Å². The first-order chi connectivity index (χ1) is 11.7. The van der Waals surface area contributed by atoms with Gasteiger partial charge in [-0.25, -0.2) is 4.79 Å². The standard InChI is InChI=1S/C18H27NO6/c1-18(2,3)25-17(21)19(12-15(20)22-4)11-13-9-7-8-10-14(13)16(23-5)24-6/h7-10,16H,11-12H2,1-6H3. The van der Waals surface area contributed by atoms with E-state index in [0.717, 1.165) is 11.1 Å². The van der Waals surface area contributed by atoms with E-state index in [0.29, 0.717) is 0 Å². The van der Waals surface area contributed by atoms with Crippen molar-refractivity contribution < 1.29 is 28.5 Å². The average molecular weight is 353 g/mol. The number of rotatable bonds is 7. The van der Waals surface area contributed by atoms with Gasteiger partial charge in [0.15, 0.2) is 6.29 Å². The molecule has 0 saturated heterocycles. The molecule has 7 heteroatoms. The van der Waals surface area contributed by atoms with Gasteiger partial charge < -0.3 is 18.9 Å². The Morgan fingerprint density at radius 3 is 2.20 bits per heavy atom. The number of esters is 1. The predicted octanol–water partition coefficient (Wildman–Crippen LogP) is 2.89. The van der Waals surface area contributed by atoms with Crippen molar-refractivity contribution in [1.82, 2.24) is 4.90 Å². The Balaban J connectivity index is 3.09. The van der Waals surface area contributed by atoms with Crippen LogP contribution >= 0.6 is 0 Å². The first-order valence-corrected chi connectivity index (χ1v) is 7.90. The largest absolute Gasteiger partial charge is 0.468 e. The molecule has 25 heavy (non-hydrogen) atoms. The summed E-state index contributed by atoms with van der Waals surface area (Å²) in [5.41, 5.74) is 0.879. The molecule has 0 heterocycles. The minimum absolute atomic E-state index is 0.156. The summed E-state index contributed by atoms with van der Waals surface area (Å²) in [6, 6.07) is 7.38. The molecule has 0 bridgehead atoms. The second-order valence-electron chi connectivity index (χ2n) is 6.41. The van der Waals surface area contributed by atoms with Gasteiger partial charge in [0.1, 0.15) is 12.1 Å². The zero-order chi connectivity index (χ0) is 19.0. The minimum Gasteiger partial charge on any atom is -0.468 e. The fourth-order valence-electron chi connectivity index (χ4n) is 2.20. The van der Waals surface area contributed by atoms with Crippen molar-refractivity contribution in [3.8, 4) is 0 Å². The van der Waals surface area contributed by atoms with Crippen molar-refractivity contribution in [3.05, 3.63) is 35.4 Å². The topological polar surface area (TPSA) is 74.3 Å². The number of carbonyl (C=O) groups excluding carboxylic acids is 2. The molecule has 1 amide bonds. The Kier molecular flexibility index (Phi) is 7.86. The van der Waals surface area contributed by atoms with Gasteiger partial charge in [0.2, 0.25) is 0 Å². The van der Waals surface area contributed by atoms with Gasteiger partial charge >= 0.3 is 12.1 Å². The Morgan fingerprint density at radius 1 is 1.08 bits per heavy atom. The predicted molar refractivity (Wildman–Crippen MR) is 91.9 cm³/mol. The van der Waals surface area contributed by atoms with E-state index in [9.17, 15) is 9.59 Å². The van der Waals surface area contributed by atoms with Crippen LogP contribution in [0.3, 0.4) is 0 Å². The van der Waals surface area contributed by atoms with Gasteiger partial charge in [-0.1, -0.05) is 24.3 Å². The van der Waals surface area contributed by atoms with Crippen LogP contribution in [-0.2, 0) is 30.3 Å². The van der Waals surface area contributed by atoms with E-state index in [1.165, 1.54) is 26.2 Å². The molecule has 0 radical (unpaired) electrons. The van der Waals surface area contributed by atoms with E-state index >= 15 is 0 Å². The SMILES string of the molecule is COC(=O)CN(Cc1ccccc1C(OC)OC)C(=O)OC(C)(C)C. The summed E-state index contributed by atoms with van der Waals surface area (Å²) in [6.45, 7) is 5.23. The van der Waals surface area contributed by atoms with E-state index in [-0.39, 0.29) is 13.1 Å². The third kappa shape index (κ3) is 6.72. The van der Waals surface area contributed by atoms with Gasteiger partial charge in [-0.2, -0.15) is 0 Å². The maximum atomic E-state index is 12.5. The highest BCUT2D eigenvalue weighted by Gasteiger charge is 2.26. The van der Waals surface area contributed by atoms with Crippen LogP contribution in [0.4, 0.5) is 4.79 Å². The lowest BCUT2D eigenvalue weighted by Crippen LogP contribution is -2.40. The molecule has 0 aliphatic carbocycles. The van der Waals surface area contributed by atoms with E-state index < -0.39 is 24.0 Å². The summed E-state index contributed by atoms with van der Waals surface area (Å²) in [7, 11) is 4.34. The van der Waals surface area contributed by atoms with Crippen molar-refractivity contribution in [1.29, 1.82) is 0 Å². The molecule has 0 aromatic heterocycles. The van der Waals surface area contributed by atoms with Crippen LogP contribution in [0.1, 0.15) is 38.2 Å². The lowest BCUT2D eigenvalue weighted by molar-refractivity contribution is -0.142. The Hall–Kier alpha value is -2.12. The molecule has 7 nitrogen and oxygen atoms in total. The molecule has 1 aromatic rings. The number of nitrogens with zero attached hydrogens (tertiary/aromatic N) is 1. The van der Waals surface area contributed by atoms with Gasteiger partial charge in [0, 0.05) is 19.8 Å². The van der Waals surface area contributed by atoms with E-state index in [2.05, 4.69) is 4.74 Å². The average Bonchev–Trinajstić information content (AvgIpc) is 2.55. The fourth-order valence-corrected chi connectivity index (χ4v) is 2.20. The zero-order valence-electron chi connectivity index (χ0n) is 15.7. The monoisotopic (exact) mass is 353 g/mol. The lowest BCUT2D eigenvalue weighted by atomic mass is 10.1. The number of methoxy groups -OCH3 is 3. The van der Waals surface area contributed by atoms with Crippen molar-refractivity contribution in [3.63, 3.8) is 0 Å². The first kappa shape index (κ1) is 20.9. The quantitative estimate of drug-likeness (QED) is 0.554. The Morgan fingerprint density at radius 2 is 1.68 bits per heavy atom. The molecule has 0 aliphatic heterocycles. The van der Waals surface area contributed by atoms with Crippen LogP contribution in [-0.4, -0.2) is 50.4 Å². The Bertz CT molecular complexity index is 577. The highest BCUT2D eigenvalue weighted by molar-refractivity contribution is 5.78. The van der Waals surface area contributed by atoms with Crippen LogP contribution in [0.25, 0.3) is 0 Å². The maximum absolute atomic E-state index is 12.5. The Labute approximate surface area is 148 Å². The third-order valence-corrected chi connectivity index (χ3v) is 3.30. The molecule has 0 fully saturated rings. The van der Waals surface area contributed by atoms with Crippen molar-refractivity contribution >= 4 is 12.1 Å².